The predicted octanol–water partition coefficient (Wildman–Crippen LogP) is 5.66. The van der Waals surface area contributed by atoms with Gasteiger partial charge in [-0.3, -0.25) is 10.4 Å². The number of anilines is 1. The van der Waals surface area contributed by atoms with E-state index in [4.69, 9.17) is 0 Å². The molecular formula is C19H14F3N5. The Kier molecular flexibility index (Phi) is 5.55. The highest BCUT2D eigenvalue weighted by atomic mass is 19.4. The fraction of sp³-hybridized carbons (Fsp3) is 0.0526. The number of amidine groups is 1. The first-order chi connectivity index (χ1) is 13.0. The molecule has 0 unspecified atom stereocenters. The van der Waals surface area contributed by atoms with Crippen LogP contribution in [0.2, 0.25) is 0 Å². The van der Waals surface area contributed by atoms with Crippen molar-refractivity contribution in [2.45, 2.75) is 6.18 Å². The van der Waals surface area contributed by atoms with Crippen molar-refractivity contribution in [3.8, 4) is 0 Å². The van der Waals surface area contributed by atoms with Crippen molar-refractivity contribution in [2.75, 3.05) is 5.43 Å². The Hall–Kier alpha value is -3.55. The number of azo groups is 1. The fourth-order valence-corrected chi connectivity index (χ4v) is 2.18. The van der Waals surface area contributed by atoms with E-state index in [-0.39, 0.29) is 11.5 Å². The average molecular weight is 369 g/mol. The molecule has 8 heteroatoms. The van der Waals surface area contributed by atoms with Gasteiger partial charge in [0.2, 0.25) is 5.84 Å². The first kappa shape index (κ1) is 18.2. The number of aromatic nitrogens is 1. The zero-order valence-electron chi connectivity index (χ0n) is 13.9. The molecule has 1 heterocycles. The molecule has 1 N–H and O–H groups in total. The summed E-state index contributed by atoms with van der Waals surface area (Å²) in [5, 5.41) is 11.9. The lowest BCUT2D eigenvalue weighted by Gasteiger charge is -2.08. The molecule has 0 amide bonds. The minimum atomic E-state index is -4.52. The Morgan fingerprint density at radius 2 is 1.52 bits per heavy atom. The number of benzene rings is 2. The quantitative estimate of drug-likeness (QED) is 0.279. The van der Waals surface area contributed by atoms with Crippen molar-refractivity contribution >= 4 is 17.2 Å². The van der Waals surface area contributed by atoms with Crippen LogP contribution in [0, 0.1) is 0 Å². The van der Waals surface area contributed by atoms with Crippen molar-refractivity contribution in [3.63, 3.8) is 0 Å². The third-order valence-electron chi connectivity index (χ3n) is 3.47. The van der Waals surface area contributed by atoms with E-state index >= 15 is 0 Å². The molecule has 0 bridgehead atoms. The van der Waals surface area contributed by atoms with Gasteiger partial charge in [0, 0.05) is 18.0 Å². The number of nitrogens with one attached hydrogen (secondary N) is 1. The van der Waals surface area contributed by atoms with Crippen molar-refractivity contribution in [1.29, 1.82) is 0 Å². The Bertz CT molecular complexity index is 938. The summed E-state index contributed by atoms with van der Waals surface area (Å²) in [5.41, 5.74) is 2.92. The van der Waals surface area contributed by atoms with Gasteiger partial charge in [-0.05, 0) is 24.3 Å². The van der Waals surface area contributed by atoms with Crippen molar-refractivity contribution < 1.29 is 13.2 Å². The second-order valence-corrected chi connectivity index (χ2v) is 5.36. The summed E-state index contributed by atoms with van der Waals surface area (Å²) in [5.74, 6) is 0.143. The average Bonchev–Trinajstić information content (AvgIpc) is 2.69. The third-order valence-corrected chi connectivity index (χ3v) is 3.47. The zero-order chi connectivity index (χ0) is 19.1. The van der Waals surface area contributed by atoms with Crippen LogP contribution in [0.15, 0.2) is 94.5 Å². The molecule has 0 fully saturated rings. The summed E-state index contributed by atoms with van der Waals surface area (Å²) in [6, 6.07) is 17.2. The van der Waals surface area contributed by atoms with Gasteiger partial charge in [-0.1, -0.05) is 42.5 Å². The lowest BCUT2D eigenvalue weighted by molar-refractivity contribution is -0.137. The molecule has 3 aromatic rings. The van der Waals surface area contributed by atoms with Gasteiger partial charge < -0.3 is 0 Å². The molecule has 1 aromatic heterocycles. The van der Waals surface area contributed by atoms with Crippen LogP contribution >= 0.6 is 0 Å². The number of halogens is 3. The van der Waals surface area contributed by atoms with Crippen LogP contribution in [-0.2, 0) is 6.18 Å². The standard InChI is InChI=1S/C19H14F3N5/c20-19(21,22)16-8-4-5-9-17(16)25-27-18(14-6-2-1-3-7-14)26-24-15-10-12-23-13-11-15/h1-13H,(H,23,24)/b26-18+,27-25?. The minimum Gasteiger partial charge on any atom is -0.276 e. The number of hydrogen-bond donors (Lipinski definition) is 1. The highest BCUT2D eigenvalue weighted by Gasteiger charge is 2.33. The maximum atomic E-state index is 13.1. The molecule has 0 saturated heterocycles. The number of alkyl halides is 3. The lowest BCUT2D eigenvalue weighted by atomic mass is 10.2. The van der Waals surface area contributed by atoms with E-state index in [0.29, 0.717) is 11.3 Å². The van der Waals surface area contributed by atoms with Crippen LogP contribution in [0.4, 0.5) is 24.5 Å². The second-order valence-electron chi connectivity index (χ2n) is 5.36. The van der Waals surface area contributed by atoms with Crippen molar-refractivity contribution in [1.82, 2.24) is 4.98 Å². The Morgan fingerprint density at radius 1 is 0.852 bits per heavy atom. The Labute approximate surface area is 153 Å². The maximum absolute atomic E-state index is 13.1. The van der Waals surface area contributed by atoms with Gasteiger partial charge in [0.1, 0.15) is 0 Å². The van der Waals surface area contributed by atoms with E-state index in [1.165, 1.54) is 18.2 Å². The Balaban J connectivity index is 1.94. The van der Waals surface area contributed by atoms with Gasteiger partial charge in [-0.25, -0.2) is 0 Å². The number of pyridine rings is 1. The van der Waals surface area contributed by atoms with Gasteiger partial charge in [-0.15, -0.1) is 10.2 Å². The molecule has 0 spiro atoms. The molecule has 0 radical (unpaired) electrons. The summed E-state index contributed by atoms with van der Waals surface area (Å²) in [6.07, 6.45) is -1.35. The maximum Gasteiger partial charge on any atom is 0.418 e. The van der Waals surface area contributed by atoms with Crippen LogP contribution < -0.4 is 5.43 Å². The lowest BCUT2D eigenvalue weighted by Crippen LogP contribution is -2.05. The van der Waals surface area contributed by atoms with Crippen LogP contribution in [-0.4, -0.2) is 10.8 Å². The number of rotatable bonds is 4. The third kappa shape index (κ3) is 4.97. The molecule has 3 rings (SSSR count). The topological polar surface area (TPSA) is 62.0 Å². The highest BCUT2D eigenvalue weighted by molar-refractivity contribution is 5.99. The van der Waals surface area contributed by atoms with Crippen LogP contribution in [0.25, 0.3) is 0 Å². The SMILES string of the molecule is FC(F)(F)c1ccccc1N=N/C(=N/Nc1ccncc1)c1ccccc1. The largest absolute Gasteiger partial charge is 0.418 e. The summed E-state index contributed by atoms with van der Waals surface area (Å²) in [6.45, 7) is 0. The Morgan fingerprint density at radius 3 is 2.22 bits per heavy atom. The van der Waals surface area contributed by atoms with E-state index < -0.39 is 11.7 Å². The second kappa shape index (κ2) is 8.22. The van der Waals surface area contributed by atoms with Gasteiger partial charge in [0.15, 0.2) is 0 Å². The fourth-order valence-electron chi connectivity index (χ4n) is 2.18. The minimum absolute atomic E-state index is 0.143. The molecule has 136 valence electrons. The van der Waals surface area contributed by atoms with E-state index in [9.17, 15) is 13.2 Å². The van der Waals surface area contributed by atoms with E-state index in [1.54, 1.807) is 48.8 Å². The summed E-state index contributed by atoms with van der Waals surface area (Å²) in [7, 11) is 0. The van der Waals surface area contributed by atoms with Crippen LogP contribution in [0.5, 0.6) is 0 Å². The van der Waals surface area contributed by atoms with E-state index in [2.05, 4.69) is 25.7 Å². The van der Waals surface area contributed by atoms with Gasteiger partial charge in [-0.2, -0.15) is 18.3 Å². The summed E-state index contributed by atoms with van der Waals surface area (Å²) >= 11 is 0. The number of nitrogens with zero attached hydrogens (tertiary/aromatic N) is 4. The smallest absolute Gasteiger partial charge is 0.276 e. The van der Waals surface area contributed by atoms with Crippen molar-refractivity contribution in [3.05, 3.63) is 90.3 Å². The molecule has 2 aromatic carbocycles. The first-order valence-corrected chi connectivity index (χ1v) is 7.91. The number of hydrazone groups is 1. The molecular weight excluding hydrogens is 355 g/mol. The molecule has 0 saturated carbocycles. The summed E-state index contributed by atoms with van der Waals surface area (Å²) in [4.78, 5) is 3.90. The van der Waals surface area contributed by atoms with Crippen LogP contribution in [0.3, 0.4) is 0 Å². The van der Waals surface area contributed by atoms with Crippen LogP contribution in [0.1, 0.15) is 11.1 Å². The monoisotopic (exact) mass is 369 g/mol. The molecule has 0 atom stereocenters. The molecule has 0 aliphatic rings. The number of hydrogen-bond acceptors (Lipinski definition) is 4. The van der Waals surface area contributed by atoms with Gasteiger partial charge in [0.25, 0.3) is 0 Å². The molecule has 27 heavy (non-hydrogen) atoms. The predicted molar refractivity (Wildman–Crippen MR) is 96.8 cm³/mol. The molecule has 0 aliphatic carbocycles. The van der Waals surface area contributed by atoms with Gasteiger partial charge in [0.05, 0.1) is 16.9 Å². The highest BCUT2D eigenvalue weighted by Crippen LogP contribution is 2.36. The first-order valence-electron chi connectivity index (χ1n) is 7.91. The molecule has 5 nitrogen and oxygen atoms in total. The van der Waals surface area contributed by atoms with E-state index in [0.717, 1.165) is 6.07 Å². The zero-order valence-corrected chi connectivity index (χ0v) is 13.9. The molecule has 0 aliphatic heterocycles. The summed E-state index contributed by atoms with van der Waals surface area (Å²) < 4.78 is 39.3. The van der Waals surface area contributed by atoms with Crippen molar-refractivity contribution in [2.24, 2.45) is 15.3 Å². The van der Waals surface area contributed by atoms with Gasteiger partial charge >= 0.3 is 6.18 Å². The normalized spacial score (nSPS) is 12.3. The van der Waals surface area contributed by atoms with E-state index in [1.807, 2.05) is 6.07 Å².